The molecule has 0 bridgehead atoms. The summed E-state index contributed by atoms with van der Waals surface area (Å²) in [5.74, 6) is 0.705. The van der Waals surface area contributed by atoms with E-state index in [2.05, 4.69) is 20.3 Å². The number of nitrogens with one attached hydrogen (secondary N) is 3. The second kappa shape index (κ2) is 12.3. The largest absolute Gasteiger partial charge is 0.357 e. The molecule has 0 heterocycles. The third kappa shape index (κ3) is 7.57. The van der Waals surface area contributed by atoms with Crippen molar-refractivity contribution in [3.8, 4) is 0 Å². The van der Waals surface area contributed by atoms with Gasteiger partial charge in [0.1, 0.15) is 0 Å². The molecular formula is C19H26ClIN4O2S. The van der Waals surface area contributed by atoms with Crippen LogP contribution in [0.25, 0.3) is 0 Å². The van der Waals surface area contributed by atoms with Gasteiger partial charge in [-0.15, -0.1) is 24.0 Å². The molecule has 154 valence electrons. The zero-order chi connectivity index (χ0) is 19.7. The average molecular weight is 537 g/mol. The summed E-state index contributed by atoms with van der Waals surface area (Å²) in [6.45, 7) is 3.90. The van der Waals surface area contributed by atoms with Crippen molar-refractivity contribution in [1.82, 2.24) is 15.4 Å². The summed E-state index contributed by atoms with van der Waals surface area (Å²) >= 11 is 6.18. The van der Waals surface area contributed by atoms with Crippen LogP contribution in [0.15, 0.2) is 58.4 Å². The van der Waals surface area contributed by atoms with Crippen LogP contribution < -0.4 is 15.4 Å². The van der Waals surface area contributed by atoms with E-state index >= 15 is 0 Å². The molecule has 0 atom stereocenters. The zero-order valence-corrected chi connectivity index (χ0v) is 19.8. The van der Waals surface area contributed by atoms with Crippen LogP contribution in [0.3, 0.4) is 0 Å². The van der Waals surface area contributed by atoms with E-state index in [0.29, 0.717) is 19.0 Å². The highest BCUT2D eigenvalue weighted by molar-refractivity contribution is 14.0. The summed E-state index contributed by atoms with van der Waals surface area (Å²) in [6.07, 6.45) is 0.792. The molecule has 28 heavy (non-hydrogen) atoms. The first-order valence-corrected chi connectivity index (χ1v) is 10.6. The third-order valence-corrected chi connectivity index (χ3v) is 5.71. The molecule has 2 aromatic carbocycles. The molecule has 0 aliphatic carbocycles. The molecule has 0 aliphatic heterocycles. The minimum Gasteiger partial charge on any atom is -0.357 e. The highest BCUT2D eigenvalue weighted by Crippen LogP contribution is 2.15. The first-order valence-electron chi connectivity index (χ1n) is 8.74. The molecule has 0 radical (unpaired) electrons. The first-order chi connectivity index (χ1) is 13.0. The van der Waals surface area contributed by atoms with Crippen molar-refractivity contribution in [2.75, 3.05) is 20.1 Å². The number of hydrogen-bond donors (Lipinski definition) is 3. The molecule has 0 aliphatic rings. The number of nitrogens with zero attached hydrogens (tertiary/aromatic N) is 1. The van der Waals surface area contributed by atoms with Crippen molar-refractivity contribution < 1.29 is 8.42 Å². The van der Waals surface area contributed by atoms with E-state index in [-0.39, 0.29) is 28.9 Å². The molecule has 2 aromatic rings. The van der Waals surface area contributed by atoms with Crippen LogP contribution in [0, 0.1) is 0 Å². The number of sulfonamides is 1. The Bertz CT molecular complexity index is 874. The Morgan fingerprint density at radius 3 is 2.36 bits per heavy atom. The van der Waals surface area contributed by atoms with Crippen molar-refractivity contribution in [1.29, 1.82) is 0 Å². The van der Waals surface area contributed by atoms with Crippen LogP contribution in [0.4, 0.5) is 0 Å². The topological polar surface area (TPSA) is 82.6 Å². The quantitative estimate of drug-likeness (QED) is 0.275. The molecule has 3 N–H and O–H groups in total. The van der Waals surface area contributed by atoms with Crippen LogP contribution in [-0.4, -0.2) is 34.5 Å². The smallest absolute Gasteiger partial charge is 0.240 e. The van der Waals surface area contributed by atoms with Crippen molar-refractivity contribution in [2.24, 2.45) is 4.99 Å². The SMILES string of the molecule is CCNC(=NCc1ccc(S(=O)(=O)NC)cc1)NCCc1ccccc1Cl.I. The molecule has 0 spiro atoms. The van der Waals surface area contributed by atoms with E-state index in [9.17, 15) is 8.42 Å². The summed E-state index contributed by atoms with van der Waals surface area (Å²) in [5.41, 5.74) is 2.01. The highest BCUT2D eigenvalue weighted by Gasteiger charge is 2.10. The predicted octanol–water partition coefficient (Wildman–Crippen LogP) is 3.16. The van der Waals surface area contributed by atoms with Gasteiger partial charge in [0.25, 0.3) is 0 Å². The maximum Gasteiger partial charge on any atom is 0.240 e. The average Bonchev–Trinajstić information content (AvgIpc) is 2.68. The number of guanidine groups is 1. The number of hydrogen-bond acceptors (Lipinski definition) is 3. The number of rotatable bonds is 8. The molecule has 0 fully saturated rings. The first kappa shape index (κ1) is 24.7. The summed E-state index contributed by atoms with van der Waals surface area (Å²) in [4.78, 5) is 4.78. The lowest BCUT2D eigenvalue weighted by Crippen LogP contribution is -2.38. The van der Waals surface area contributed by atoms with Gasteiger partial charge >= 0.3 is 0 Å². The van der Waals surface area contributed by atoms with Gasteiger partial charge in [-0.25, -0.2) is 18.1 Å². The van der Waals surface area contributed by atoms with Gasteiger partial charge in [-0.05, 0) is 49.7 Å². The van der Waals surface area contributed by atoms with Gasteiger partial charge in [-0.2, -0.15) is 0 Å². The summed E-state index contributed by atoms with van der Waals surface area (Å²) in [5, 5.41) is 7.25. The zero-order valence-electron chi connectivity index (χ0n) is 15.9. The normalized spacial score (nSPS) is 11.6. The van der Waals surface area contributed by atoms with Crippen LogP contribution in [-0.2, 0) is 23.0 Å². The van der Waals surface area contributed by atoms with E-state index < -0.39 is 10.0 Å². The highest BCUT2D eigenvalue weighted by atomic mass is 127. The fourth-order valence-electron chi connectivity index (χ4n) is 2.42. The van der Waals surface area contributed by atoms with Gasteiger partial charge in [-0.3, -0.25) is 0 Å². The summed E-state index contributed by atoms with van der Waals surface area (Å²) in [6, 6.07) is 14.5. The summed E-state index contributed by atoms with van der Waals surface area (Å²) in [7, 11) is -2.02. The number of aliphatic imine (C=N–C) groups is 1. The van der Waals surface area contributed by atoms with Crippen LogP contribution in [0.1, 0.15) is 18.1 Å². The summed E-state index contributed by atoms with van der Waals surface area (Å²) < 4.78 is 25.8. The van der Waals surface area contributed by atoms with Gasteiger partial charge < -0.3 is 10.6 Å². The van der Waals surface area contributed by atoms with Gasteiger partial charge in [0.05, 0.1) is 11.4 Å². The van der Waals surface area contributed by atoms with E-state index in [0.717, 1.165) is 29.1 Å². The second-order valence-electron chi connectivity index (χ2n) is 5.81. The number of halogens is 2. The van der Waals surface area contributed by atoms with Crippen LogP contribution in [0.5, 0.6) is 0 Å². The number of benzene rings is 2. The molecule has 2 rings (SSSR count). The Labute approximate surface area is 189 Å². The standard InChI is InChI=1S/C19H25ClN4O2S.HI/c1-3-22-19(23-13-12-16-6-4-5-7-18(16)20)24-14-15-8-10-17(11-9-15)27(25,26)21-2;/h4-11,21H,3,12-14H2,1-2H3,(H2,22,23,24);1H. The fraction of sp³-hybridized carbons (Fsp3) is 0.316. The molecule has 0 unspecified atom stereocenters. The second-order valence-corrected chi connectivity index (χ2v) is 8.11. The van der Waals surface area contributed by atoms with Gasteiger partial charge in [-0.1, -0.05) is 41.9 Å². The Balaban J connectivity index is 0.00000392. The Hall–Kier alpha value is -1.36. The lowest BCUT2D eigenvalue weighted by molar-refractivity contribution is 0.588. The molecule has 9 heteroatoms. The van der Waals surface area contributed by atoms with Crippen LogP contribution >= 0.6 is 35.6 Å². The van der Waals surface area contributed by atoms with Gasteiger partial charge in [0, 0.05) is 18.1 Å². The lowest BCUT2D eigenvalue weighted by Gasteiger charge is -2.12. The molecule has 0 amide bonds. The Morgan fingerprint density at radius 2 is 1.75 bits per heavy atom. The molecular weight excluding hydrogens is 511 g/mol. The maximum atomic E-state index is 11.8. The van der Waals surface area contributed by atoms with Crippen molar-refractivity contribution >= 4 is 51.6 Å². The van der Waals surface area contributed by atoms with Crippen LogP contribution in [0.2, 0.25) is 5.02 Å². The fourth-order valence-corrected chi connectivity index (χ4v) is 3.38. The molecule has 0 saturated carbocycles. The Morgan fingerprint density at radius 1 is 1.07 bits per heavy atom. The monoisotopic (exact) mass is 536 g/mol. The minimum atomic E-state index is -3.42. The third-order valence-electron chi connectivity index (χ3n) is 3.91. The lowest BCUT2D eigenvalue weighted by atomic mass is 10.1. The van der Waals surface area contributed by atoms with Crippen molar-refractivity contribution in [3.05, 3.63) is 64.7 Å². The van der Waals surface area contributed by atoms with Gasteiger partial charge in [0.2, 0.25) is 10.0 Å². The van der Waals surface area contributed by atoms with Crippen molar-refractivity contribution in [2.45, 2.75) is 24.8 Å². The minimum absolute atomic E-state index is 0. The van der Waals surface area contributed by atoms with E-state index in [4.69, 9.17) is 11.6 Å². The van der Waals surface area contributed by atoms with Gasteiger partial charge in [0.15, 0.2) is 5.96 Å². The molecule has 6 nitrogen and oxygen atoms in total. The Kier molecular flexibility index (Phi) is 10.8. The van der Waals surface area contributed by atoms with E-state index in [1.54, 1.807) is 24.3 Å². The predicted molar refractivity (Wildman–Crippen MR) is 126 cm³/mol. The maximum absolute atomic E-state index is 11.8. The van der Waals surface area contributed by atoms with E-state index in [1.807, 2.05) is 31.2 Å². The van der Waals surface area contributed by atoms with E-state index in [1.165, 1.54) is 7.05 Å². The molecule has 0 aromatic heterocycles. The van der Waals surface area contributed by atoms with Crippen molar-refractivity contribution in [3.63, 3.8) is 0 Å². The molecule has 0 saturated heterocycles.